The van der Waals surface area contributed by atoms with E-state index in [4.69, 9.17) is 5.11 Å². The van der Waals surface area contributed by atoms with Gasteiger partial charge in [-0.2, -0.15) is 0 Å². The molecule has 1 fully saturated rings. The molecule has 3 rings (SSSR count). The molecule has 2 amide bonds. The van der Waals surface area contributed by atoms with Crippen molar-refractivity contribution in [2.45, 2.75) is 32.2 Å². The molecular weight excluding hydrogens is 308 g/mol. The van der Waals surface area contributed by atoms with Crippen LogP contribution in [0, 0.1) is 6.92 Å². The normalized spacial score (nSPS) is 13.4. The van der Waals surface area contributed by atoms with Crippen molar-refractivity contribution in [1.82, 2.24) is 15.3 Å². The first-order chi connectivity index (χ1) is 11.5. The maximum absolute atomic E-state index is 12.1. The van der Waals surface area contributed by atoms with Crippen LogP contribution in [-0.4, -0.2) is 27.1 Å². The highest BCUT2D eigenvalue weighted by Gasteiger charge is 2.28. The summed E-state index contributed by atoms with van der Waals surface area (Å²) in [6, 6.07) is 6.03. The van der Waals surface area contributed by atoms with Crippen molar-refractivity contribution in [3.8, 4) is 0 Å². The van der Waals surface area contributed by atoms with Crippen LogP contribution in [0.15, 0.2) is 30.5 Å². The summed E-state index contributed by atoms with van der Waals surface area (Å²) in [7, 11) is 0. The number of amides is 2. The van der Waals surface area contributed by atoms with Crippen molar-refractivity contribution in [3.63, 3.8) is 0 Å². The monoisotopic (exact) mass is 326 g/mol. The Hall–Kier alpha value is -2.96. The highest BCUT2D eigenvalue weighted by Crippen LogP contribution is 2.42. The summed E-state index contributed by atoms with van der Waals surface area (Å²) < 4.78 is 0. The number of nitrogens with one attached hydrogen (secondary N) is 2. The number of rotatable bonds is 5. The summed E-state index contributed by atoms with van der Waals surface area (Å²) in [6.45, 7) is 2.13. The minimum atomic E-state index is -0.973. The van der Waals surface area contributed by atoms with E-state index in [1.807, 2.05) is 6.92 Å². The van der Waals surface area contributed by atoms with Gasteiger partial charge in [-0.1, -0.05) is 12.1 Å². The zero-order valence-electron chi connectivity index (χ0n) is 13.2. The average Bonchev–Trinajstić information content (AvgIpc) is 3.40. The molecule has 0 radical (unpaired) electrons. The van der Waals surface area contributed by atoms with E-state index in [1.165, 1.54) is 12.1 Å². The van der Waals surface area contributed by atoms with Crippen LogP contribution < -0.4 is 10.6 Å². The Bertz CT molecular complexity index is 770. The fourth-order valence-electron chi connectivity index (χ4n) is 2.37. The van der Waals surface area contributed by atoms with Crippen molar-refractivity contribution >= 4 is 17.7 Å². The zero-order chi connectivity index (χ0) is 17.1. The van der Waals surface area contributed by atoms with E-state index in [0.29, 0.717) is 24.0 Å². The van der Waals surface area contributed by atoms with Crippen molar-refractivity contribution < 1.29 is 14.7 Å². The Morgan fingerprint density at radius 2 is 1.96 bits per heavy atom. The van der Waals surface area contributed by atoms with Gasteiger partial charge in [0.1, 0.15) is 5.82 Å². The molecule has 1 heterocycles. The Morgan fingerprint density at radius 1 is 1.25 bits per heavy atom. The van der Waals surface area contributed by atoms with Crippen LogP contribution in [0.25, 0.3) is 0 Å². The molecule has 0 atom stereocenters. The summed E-state index contributed by atoms with van der Waals surface area (Å²) in [5.41, 5.74) is 2.57. The maximum atomic E-state index is 12.1. The molecule has 0 bridgehead atoms. The van der Waals surface area contributed by atoms with Crippen LogP contribution in [0.2, 0.25) is 0 Å². The summed E-state index contributed by atoms with van der Waals surface area (Å²) in [5, 5.41) is 14.4. The van der Waals surface area contributed by atoms with Crippen molar-refractivity contribution in [2.24, 2.45) is 0 Å². The topological polar surface area (TPSA) is 104 Å². The Kier molecular flexibility index (Phi) is 4.41. The van der Waals surface area contributed by atoms with Crippen LogP contribution in [0.4, 0.5) is 10.5 Å². The first kappa shape index (κ1) is 15.9. The Labute approximate surface area is 139 Å². The standard InChI is InChI=1S/C17H18N4O3/c1-10-18-9-14(15(20-10)12-6-7-12)21-17(24)19-8-11-2-4-13(5-3-11)16(22)23/h2-5,9,12H,6-8H2,1H3,(H,22,23)(H2,19,21,24). The lowest BCUT2D eigenvalue weighted by atomic mass is 10.1. The number of carbonyl (C=O) groups is 2. The summed E-state index contributed by atoms with van der Waals surface area (Å²) in [4.78, 5) is 31.4. The third-order valence-electron chi connectivity index (χ3n) is 3.80. The number of anilines is 1. The molecule has 3 N–H and O–H groups in total. The number of hydrogen-bond donors (Lipinski definition) is 3. The molecule has 24 heavy (non-hydrogen) atoms. The van der Waals surface area contributed by atoms with E-state index in [1.54, 1.807) is 18.3 Å². The minimum absolute atomic E-state index is 0.217. The Balaban J connectivity index is 1.59. The maximum Gasteiger partial charge on any atom is 0.335 e. The minimum Gasteiger partial charge on any atom is -0.478 e. The molecule has 1 aromatic carbocycles. The molecule has 124 valence electrons. The zero-order valence-corrected chi connectivity index (χ0v) is 13.2. The first-order valence-electron chi connectivity index (χ1n) is 7.73. The van der Waals surface area contributed by atoms with Gasteiger partial charge in [-0.3, -0.25) is 0 Å². The highest BCUT2D eigenvalue weighted by molar-refractivity contribution is 5.90. The number of hydrogen-bond acceptors (Lipinski definition) is 4. The van der Waals surface area contributed by atoms with Gasteiger partial charge >= 0.3 is 12.0 Å². The van der Waals surface area contributed by atoms with Gasteiger partial charge in [0, 0.05) is 12.5 Å². The lowest BCUT2D eigenvalue weighted by Crippen LogP contribution is -2.28. The number of carbonyl (C=O) groups excluding carboxylic acids is 1. The molecule has 1 aliphatic carbocycles. The molecule has 2 aromatic rings. The van der Waals surface area contributed by atoms with Crippen LogP contribution in [0.1, 0.15) is 46.2 Å². The number of aromatic carboxylic acids is 1. The van der Waals surface area contributed by atoms with E-state index >= 15 is 0 Å². The van der Waals surface area contributed by atoms with Gasteiger partial charge in [-0.25, -0.2) is 19.6 Å². The van der Waals surface area contributed by atoms with Crippen LogP contribution in [-0.2, 0) is 6.54 Å². The lowest BCUT2D eigenvalue weighted by Gasteiger charge is -2.11. The second-order valence-corrected chi connectivity index (χ2v) is 5.80. The van der Waals surface area contributed by atoms with Crippen LogP contribution in [0.5, 0.6) is 0 Å². The molecule has 0 aliphatic heterocycles. The second-order valence-electron chi connectivity index (χ2n) is 5.80. The fraction of sp³-hybridized carbons (Fsp3) is 0.294. The second kappa shape index (κ2) is 6.66. The molecule has 0 saturated heterocycles. The molecular formula is C17H18N4O3. The van der Waals surface area contributed by atoms with Crippen LogP contribution in [0.3, 0.4) is 0 Å². The summed E-state index contributed by atoms with van der Waals surface area (Å²) in [5.74, 6) is 0.131. The van der Waals surface area contributed by atoms with Gasteiger partial charge in [0.05, 0.1) is 23.1 Å². The quantitative estimate of drug-likeness (QED) is 0.783. The number of nitrogens with zero attached hydrogens (tertiary/aromatic N) is 2. The number of benzene rings is 1. The lowest BCUT2D eigenvalue weighted by molar-refractivity contribution is 0.0697. The molecule has 1 saturated carbocycles. The highest BCUT2D eigenvalue weighted by atomic mass is 16.4. The number of aromatic nitrogens is 2. The van der Waals surface area contributed by atoms with Gasteiger partial charge in [-0.05, 0) is 37.5 Å². The number of urea groups is 1. The molecule has 0 spiro atoms. The van der Waals surface area contributed by atoms with E-state index in [9.17, 15) is 9.59 Å². The number of carboxylic acid groups (broad SMARTS) is 1. The van der Waals surface area contributed by atoms with E-state index in [-0.39, 0.29) is 11.6 Å². The number of carboxylic acids is 1. The third-order valence-corrected chi connectivity index (χ3v) is 3.80. The predicted molar refractivity (Wildman–Crippen MR) is 88.0 cm³/mol. The van der Waals surface area contributed by atoms with Crippen molar-refractivity contribution in [2.75, 3.05) is 5.32 Å². The van der Waals surface area contributed by atoms with Gasteiger partial charge in [0.25, 0.3) is 0 Å². The fourth-order valence-corrected chi connectivity index (χ4v) is 2.37. The molecule has 0 unspecified atom stereocenters. The summed E-state index contributed by atoms with van der Waals surface area (Å²) >= 11 is 0. The SMILES string of the molecule is Cc1ncc(NC(=O)NCc2ccc(C(=O)O)cc2)c(C2CC2)n1. The molecule has 1 aromatic heterocycles. The van der Waals surface area contributed by atoms with E-state index < -0.39 is 5.97 Å². The van der Waals surface area contributed by atoms with Crippen LogP contribution >= 0.6 is 0 Å². The summed E-state index contributed by atoms with van der Waals surface area (Å²) in [6.07, 6.45) is 3.81. The van der Waals surface area contributed by atoms with Crippen molar-refractivity contribution in [1.29, 1.82) is 0 Å². The first-order valence-corrected chi connectivity index (χ1v) is 7.73. The Morgan fingerprint density at radius 3 is 2.58 bits per heavy atom. The van der Waals surface area contributed by atoms with Gasteiger partial charge < -0.3 is 15.7 Å². The smallest absolute Gasteiger partial charge is 0.335 e. The third kappa shape index (κ3) is 3.87. The van der Waals surface area contributed by atoms with Gasteiger partial charge in [0.15, 0.2) is 0 Å². The van der Waals surface area contributed by atoms with Gasteiger partial charge in [-0.15, -0.1) is 0 Å². The van der Waals surface area contributed by atoms with Gasteiger partial charge in [0.2, 0.25) is 0 Å². The predicted octanol–water partition coefficient (Wildman–Crippen LogP) is 2.68. The number of aryl methyl sites for hydroxylation is 1. The van der Waals surface area contributed by atoms with E-state index in [0.717, 1.165) is 24.1 Å². The molecule has 7 heteroatoms. The average molecular weight is 326 g/mol. The largest absolute Gasteiger partial charge is 0.478 e. The molecule has 1 aliphatic rings. The molecule has 7 nitrogen and oxygen atoms in total. The van der Waals surface area contributed by atoms with E-state index in [2.05, 4.69) is 20.6 Å². The van der Waals surface area contributed by atoms with Crippen molar-refractivity contribution in [3.05, 3.63) is 53.1 Å².